The van der Waals surface area contributed by atoms with Crippen molar-refractivity contribution in [1.82, 2.24) is 10.2 Å². The summed E-state index contributed by atoms with van der Waals surface area (Å²) in [5, 5.41) is 3.37. The molecule has 0 amide bonds. The first-order chi connectivity index (χ1) is 9.47. The predicted octanol–water partition coefficient (Wildman–Crippen LogP) is 3.28. The number of benzene rings is 1. The highest BCUT2D eigenvalue weighted by molar-refractivity contribution is 5.24. The normalized spacial score (nSPS) is 20.9. The Morgan fingerprint density at radius 2 is 1.85 bits per heavy atom. The first-order valence-corrected chi connectivity index (χ1v) is 7.04. The molecule has 1 aliphatic rings. The second kappa shape index (κ2) is 6.59. The van der Waals surface area contributed by atoms with Crippen molar-refractivity contribution in [3.8, 4) is 0 Å². The fourth-order valence-corrected chi connectivity index (χ4v) is 2.66. The number of hydrogen-bond acceptors (Lipinski definition) is 2. The molecule has 1 aromatic rings. The monoisotopic (exact) mass is 286 g/mol. The molecule has 20 heavy (non-hydrogen) atoms. The zero-order valence-corrected chi connectivity index (χ0v) is 11.7. The van der Waals surface area contributed by atoms with E-state index in [2.05, 4.69) is 10.2 Å². The van der Waals surface area contributed by atoms with E-state index < -0.39 is 11.7 Å². The molecule has 1 atom stereocenters. The lowest BCUT2D eigenvalue weighted by atomic mass is 10.1. The van der Waals surface area contributed by atoms with E-state index >= 15 is 0 Å². The van der Waals surface area contributed by atoms with Gasteiger partial charge in [0.15, 0.2) is 0 Å². The van der Waals surface area contributed by atoms with Gasteiger partial charge in [-0.15, -0.1) is 0 Å². The first-order valence-electron chi connectivity index (χ1n) is 7.04. The second-order valence-corrected chi connectivity index (χ2v) is 5.44. The Hall–Kier alpha value is -1.07. The molecule has 0 radical (unpaired) electrons. The van der Waals surface area contributed by atoms with Gasteiger partial charge in [0.25, 0.3) is 0 Å². The van der Waals surface area contributed by atoms with Gasteiger partial charge in [0, 0.05) is 12.6 Å². The number of alkyl halides is 3. The molecule has 0 bridgehead atoms. The van der Waals surface area contributed by atoms with E-state index in [-0.39, 0.29) is 0 Å². The maximum absolute atomic E-state index is 12.5. The van der Waals surface area contributed by atoms with Crippen LogP contribution in [0.2, 0.25) is 0 Å². The Labute approximate surface area is 118 Å². The van der Waals surface area contributed by atoms with E-state index in [1.165, 1.54) is 0 Å². The molecule has 0 saturated carbocycles. The third-order valence-electron chi connectivity index (χ3n) is 3.88. The highest BCUT2D eigenvalue weighted by Gasteiger charge is 2.30. The van der Waals surface area contributed by atoms with Crippen molar-refractivity contribution in [3.05, 3.63) is 35.4 Å². The summed E-state index contributed by atoms with van der Waals surface area (Å²) in [7, 11) is 2.05. The Bertz CT molecular complexity index is 406. The summed E-state index contributed by atoms with van der Waals surface area (Å²) < 4.78 is 37.5. The third-order valence-corrected chi connectivity index (χ3v) is 3.88. The summed E-state index contributed by atoms with van der Waals surface area (Å²) in [5.41, 5.74) is 0.347. The summed E-state index contributed by atoms with van der Waals surface area (Å²) in [5.74, 6) is 0. The van der Waals surface area contributed by atoms with E-state index in [4.69, 9.17) is 0 Å². The molecule has 2 rings (SSSR count). The van der Waals surface area contributed by atoms with Crippen LogP contribution < -0.4 is 5.32 Å². The van der Waals surface area contributed by atoms with Gasteiger partial charge in [-0.25, -0.2) is 0 Å². The van der Waals surface area contributed by atoms with E-state index in [9.17, 15) is 13.2 Å². The zero-order chi connectivity index (χ0) is 14.6. The molecule has 1 aromatic carbocycles. The van der Waals surface area contributed by atoms with Gasteiger partial charge in [0.1, 0.15) is 0 Å². The van der Waals surface area contributed by atoms with Crippen LogP contribution in [0.15, 0.2) is 24.3 Å². The van der Waals surface area contributed by atoms with Crippen molar-refractivity contribution in [3.63, 3.8) is 0 Å². The van der Waals surface area contributed by atoms with Crippen molar-refractivity contribution in [1.29, 1.82) is 0 Å². The topological polar surface area (TPSA) is 15.3 Å². The van der Waals surface area contributed by atoms with Gasteiger partial charge < -0.3 is 5.32 Å². The van der Waals surface area contributed by atoms with Crippen molar-refractivity contribution in [2.45, 2.75) is 38.0 Å². The number of halogens is 3. The largest absolute Gasteiger partial charge is 0.416 e. The third kappa shape index (κ3) is 4.21. The van der Waals surface area contributed by atoms with E-state index in [0.717, 1.165) is 50.0 Å². The van der Waals surface area contributed by atoms with Crippen LogP contribution in [-0.2, 0) is 12.7 Å². The molecular formula is C15H21F3N2. The quantitative estimate of drug-likeness (QED) is 0.917. The average molecular weight is 286 g/mol. The molecule has 1 heterocycles. The predicted molar refractivity (Wildman–Crippen MR) is 73.4 cm³/mol. The number of hydrogen-bond donors (Lipinski definition) is 1. The number of rotatable bonds is 3. The summed E-state index contributed by atoms with van der Waals surface area (Å²) in [4.78, 5) is 2.25. The van der Waals surface area contributed by atoms with Gasteiger partial charge in [-0.05, 0) is 57.1 Å². The molecule has 112 valence electrons. The molecular weight excluding hydrogens is 265 g/mol. The van der Waals surface area contributed by atoms with E-state index in [1.807, 2.05) is 7.05 Å². The van der Waals surface area contributed by atoms with Gasteiger partial charge in [-0.3, -0.25) is 4.90 Å². The molecule has 0 aromatic heterocycles. The lowest BCUT2D eigenvalue weighted by Gasteiger charge is -2.27. The fraction of sp³-hybridized carbons (Fsp3) is 0.600. The van der Waals surface area contributed by atoms with Gasteiger partial charge in [0.05, 0.1) is 5.56 Å². The number of nitrogens with zero attached hydrogens (tertiary/aromatic N) is 1. The first kappa shape index (κ1) is 15.3. The molecule has 0 spiro atoms. The fourth-order valence-electron chi connectivity index (χ4n) is 2.66. The van der Waals surface area contributed by atoms with Crippen molar-refractivity contribution in [2.75, 3.05) is 20.1 Å². The van der Waals surface area contributed by atoms with Crippen LogP contribution in [0.3, 0.4) is 0 Å². The summed E-state index contributed by atoms with van der Waals surface area (Å²) in [6.45, 7) is 2.77. The Morgan fingerprint density at radius 3 is 2.50 bits per heavy atom. The van der Waals surface area contributed by atoms with Crippen LogP contribution in [0.4, 0.5) is 13.2 Å². The van der Waals surface area contributed by atoms with E-state index in [0.29, 0.717) is 12.6 Å². The Morgan fingerprint density at radius 1 is 1.15 bits per heavy atom. The molecule has 0 aliphatic carbocycles. The Balaban J connectivity index is 1.95. The Kier molecular flexibility index (Phi) is 5.05. The van der Waals surface area contributed by atoms with Gasteiger partial charge in [-0.2, -0.15) is 13.2 Å². The van der Waals surface area contributed by atoms with Crippen molar-refractivity contribution >= 4 is 0 Å². The highest BCUT2D eigenvalue weighted by atomic mass is 19.4. The molecule has 1 N–H and O–H groups in total. The minimum atomic E-state index is -4.25. The highest BCUT2D eigenvalue weighted by Crippen LogP contribution is 2.29. The smallest absolute Gasteiger partial charge is 0.317 e. The van der Waals surface area contributed by atoms with Crippen LogP contribution in [-0.4, -0.2) is 31.1 Å². The number of nitrogens with one attached hydrogen (secondary N) is 1. The van der Waals surface area contributed by atoms with Gasteiger partial charge >= 0.3 is 6.18 Å². The van der Waals surface area contributed by atoms with Crippen LogP contribution in [0, 0.1) is 0 Å². The summed E-state index contributed by atoms with van der Waals surface area (Å²) in [6, 6.07) is 5.99. The minimum absolute atomic E-state index is 0.507. The average Bonchev–Trinajstić information content (AvgIpc) is 2.67. The lowest BCUT2D eigenvalue weighted by molar-refractivity contribution is -0.137. The van der Waals surface area contributed by atoms with Gasteiger partial charge in [0.2, 0.25) is 0 Å². The molecule has 1 fully saturated rings. The van der Waals surface area contributed by atoms with Crippen LogP contribution in [0.1, 0.15) is 30.4 Å². The van der Waals surface area contributed by atoms with Crippen LogP contribution in [0.25, 0.3) is 0 Å². The van der Waals surface area contributed by atoms with Crippen molar-refractivity contribution in [2.24, 2.45) is 0 Å². The van der Waals surface area contributed by atoms with Crippen molar-refractivity contribution < 1.29 is 13.2 Å². The molecule has 5 heteroatoms. The van der Waals surface area contributed by atoms with Crippen LogP contribution >= 0.6 is 0 Å². The molecule has 2 nitrogen and oxygen atoms in total. The lowest BCUT2D eigenvalue weighted by Crippen LogP contribution is -2.32. The standard InChI is InChI=1S/C15H21F3N2/c1-20(14-3-2-9-19-10-8-14)11-12-4-6-13(7-5-12)15(16,17)18/h4-7,14,19H,2-3,8-11H2,1H3. The second-order valence-electron chi connectivity index (χ2n) is 5.44. The summed E-state index contributed by atoms with van der Waals surface area (Å²) >= 11 is 0. The molecule has 1 saturated heterocycles. The molecule has 1 unspecified atom stereocenters. The summed E-state index contributed by atoms with van der Waals surface area (Å²) in [6.07, 6.45) is -0.860. The van der Waals surface area contributed by atoms with E-state index in [1.54, 1.807) is 12.1 Å². The van der Waals surface area contributed by atoms with Crippen LogP contribution in [0.5, 0.6) is 0 Å². The molecule has 1 aliphatic heterocycles. The maximum Gasteiger partial charge on any atom is 0.416 e. The maximum atomic E-state index is 12.5. The SMILES string of the molecule is CN(Cc1ccc(C(F)(F)F)cc1)C1CCCNCC1. The minimum Gasteiger partial charge on any atom is -0.317 e. The van der Waals surface area contributed by atoms with Gasteiger partial charge in [-0.1, -0.05) is 12.1 Å². The zero-order valence-electron chi connectivity index (χ0n) is 11.7.